The van der Waals surface area contributed by atoms with Crippen molar-refractivity contribution in [1.82, 2.24) is 19.7 Å². The maximum absolute atomic E-state index is 13.6. The molecule has 0 spiro atoms. The number of aromatic nitrogens is 3. The first-order valence-corrected chi connectivity index (χ1v) is 11.5. The van der Waals surface area contributed by atoms with Crippen LogP contribution in [0.25, 0.3) is 0 Å². The average Bonchev–Trinajstić information content (AvgIpc) is 3.13. The number of hydrogen-bond acceptors (Lipinski definition) is 7. The van der Waals surface area contributed by atoms with Gasteiger partial charge in [0.15, 0.2) is 0 Å². The number of pyridine rings is 1. The van der Waals surface area contributed by atoms with Crippen LogP contribution in [0.5, 0.6) is 0 Å². The number of halogens is 4. The Kier molecular flexibility index (Phi) is 8.25. The number of aryl methyl sites for hydroxylation is 2. The number of anilines is 2. The van der Waals surface area contributed by atoms with Gasteiger partial charge in [-0.05, 0) is 51.7 Å². The van der Waals surface area contributed by atoms with Crippen LogP contribution in [0.4, 0.5) is 24.5 Å². The van der Waals surface area contributed by atoms with Crippen LogP contribution in [0.3, 0.4) is 0 Å². The Balaban J connectivity index is 1.87. The Morgan fingerprint density at radius 1 is 1.22 bits per heavy atom. The Bertz CT molecular complexity index is 1340. The van der Waals surface area contributed by atoms with Crippen molar-refractivity contribution in [3.05, 3.63) is 69.3 Å². The highest BCUT2D eigenvalue weighted by Gasteiger charge is 2.35. The molecule has 1 aromatic carbocycles. The normalized spacial score (nSPS) is 11.6. The predicted molar refractivity (Wildman–Crippen MR) is 137 cm³/mol. The standard InChI is InChI=1S/C24H28ClF3N8O/c1-13-21(36(30)12-20(29)18-10-32-35(5)14(18)2)7-15(9-31-13)23(37)33-17-6-16(11-34(3)4)22(25)19(8-17)24(26,27)28/h6-10,29H,11-12,30H2,1-5H3,(H,33,37). The zero-order valence-electron chi connectivity index (χ0n) is 21.0. The Hall–Kier alpha value is -3.48. The molecular formula is C24H28ClF3N8O. The van der Waals surface area contributed by atoms with E-state index in [-0.39, 0.29) is 35.6 Å². The van der Waals surface area contributed by atoms with Crippen LogP contribution in [-0.2, 0) is 19.8 Å². The van der Waals surface area contributed by atoms with Gasteiger partial charge in [0.2, 0.25) is 0 Å². The number of rotatable bonds is 8. The van der Waals surface area contributed by atoms with Gasteiger partial charge in [-0.15, -0.1) is 0 Å². The molecule has 2 aromatic heterocycles. The van der Waals surface area contributed by atoms with Crippen molar-refractivity contribution >= 4 is 34.6 Å². The van der Waals surface area contributed by atoms with Crippen LogP contribution < -0.4 is 16.2 Å². The van der Waals surface area contributed by atoms with E-state index in [0.717, 1.165) is 11.8 Å². The molecule has 0 saturated heterocycles. The fraction of sp³-hybridized carbons (Fsp3) is 0.333. The van der Waals surface area contributed by atoms with Gasteiger partial charge in [0.25, 0.3) is 5.91 Å². The van der Waals surface area contributed by atoms with Crippen molar-refractivity contribution < 1.29 is 18.0 Å². The lowest BCUT2D eigenvalue weighted by atomic mass is 10.1. The number of amides is 1. The summed E-state index contributed by atoms with van der Waals surface area (Å²) >= 11 is 6.02. The summed E-state index contributed by atoms with van der Waals surface area (Å²) in [5.41, 5.74) is 1.76. The second-order valence-electron chi connectivity index (χ2n) is 8.89. The number of nitrogens with two attached hydrogens (primary N) is 1. The molecule has 0 aliphatic heterocycles. The molecule has 0 aliphatic carbocycles. The van der Waals surface area contributed by atoms with Gasteiger partial charge >= 0.3 is 6.18 Å². The zero-order chi connectivity index (χ0) is 27.7. The molecule has 1 amide bonds. The van der Waals surface area contributed by atoms with Gasteiger partial charge in [-0.3, -0.25) is 14.5 Å². The molecule has 9 nitrogen and oxygen atoms in total. The molecule has 37 heavy (non-hydrogen) atoms. The molecule has 0 unspecified atom stereocenters. The summed E-state index contributed by atoms with van der Waals surface area (Å²) in [4.78, 5) is 18.9. The lowest BCUT2D eigenvalue weighted by Gasteiger charge is -2.21. The minimum Gasteiger partial charge on any atom is -0.322 e. The highest BCUT2D eigenvalue weighted by Crippen LogP contribution is 2.39. The number of hydrogen-bond donors (Lipinski definition) is 3. The summed E-state index contributed by atoms with van der Waals surface area (Å²) in [6.45, 7) is 3.69. The zero-order valence-corrected chi connectivity index (χ0v) is 21.8. The molecule has 198 valence electrons. The molecule has 0 bridgehead atoms. The van der Waals surface area contributed by atoms with E-state index in [4.69, 9.17) is 22.9 Å². The van der Waals surface area contributed by atoms with E-state index in [1.54, 1.807) is 43.8 Å². The SMILES string of the molecule is Cc1ncc(C(=O)Nc2cc(CN(C)C)c(Cl)c(C(F)(F)F)c2)cc1N(N)CC(=N)c1cnn(C)c1C. The number of benzene rings is 1. The van der Waals surface area contributed by atoms with Crippen molar-refractivity contribution in [1.29, 1.82) is 5.41 Å². The largest absolute Gasteiger partial charge is 0.417 e. The predicted octanol–water partition coefficient (Wildman–Crippen LogP) is 4.17. The molecule has 0 aliphatic rings. The molecule has 2 heterocycles. The molecule has 13 heteroatoms. The van der Waals surface area contributed by atoms with Gasteiger partial charge in [-0.2, -0.15) is 18.3 Å². The van der Waals surface area contributed by atoms with Gasteiger partial charge in [-0.1, -0.05) is 11.6 Å². The number of carbonyl (C=O) groups excluding carboxylic acids is 1. The Labute approximate surface area is 217 Å². The molecule has 3 rings (SSSR count). The van der Waals surface area contributed by atoms with Crippen molar-refractivity contribution in [2.24, 2.45) is 12.9 Å². The van der Waals surface area contributed by atoms with Crippen LogP contribution in [0.2, 0.25) is 5.02 Å². The van der Waals surface area contributed by atoms with E-state index in [2.05, 4.69) is 15.4 Å². The van der Waals surface area contributed by atoms with Crippen LogP contribution >= 0.6 is 11.6 Å². The van der Waals surface area contributed by atoms with Crippen molar-refractivity contribution in [2.45, 2.75) is 26.6 Å². The molecular weight excluding hydrogens is 509 g/mol. The average molecular weight is 537 g/mol. The Morgan fingerprint density at radius 2 is 1.89 bits per heavy atom. The Morgan fingerprint density at radius 3 is 2.46 bits per heavy atom. The topological polar surface area (TPSA) is 116 Å². The fourth-order valence-corrected chi connectivity index (χ4v) is 3.97. The maximum atomic E-state index is 13.6. The van der Waals surface area contributed by atoms with Gasteiger partial charge in [-0.25, -0.2) is 5.84 Å². The molecule has 0 saturated carbocycles. The molecule has 4 N–H and O–H groups in total. The summed E-state index contributed by atoms with van der Waals surface area (Å²) in [5.74, 6) is 5.54. The highest BCUT2D eigenvalue weighted by atomic mass is 35.5. The summed E-state index contributed by atoms with van der Waals surface area (Å²) < 4.78 is 42.4. The number of hydrazine groups is 1. The minimum absolute atomic E-state index is 0.0140. The number of nitrogens with one attached hydrogen (secondary N) is 2. The van der Waals surface area contributed by atoms with E-state index in [0.29, 0.717) is 16.9 Å². The van der Waals surface area contributed by atoms with E-state index in [1.807, 2.05) is 6.92 Å². The lowest BCUT2D eigenvalue weighted by molar-refractivity contribution is -0.137. The molecule has 3 aromatic rings. The van der Waals surface area contributed by atoms with Crippen LogP contribution in [0.15, 0.2) is 30.6 Å². The first kappa shape index (κ1) is 28.1. The maximum Gasteiger partial charge on any atom is 0.417 e. The number of alkyl halides is 3. The van der Waals surface area contributed by atoms with E-state index in [1.165, 1.54) is 23.3 Å². The van der Waals surface area contributed by atoms with Gasteiger partial charge in [0.05, 0.1) is 46.0 Å². The number of nitrogens with zero attached hydrogens (tertiary/aromatic N) is 5. The highest BCUT2D eigenvalue weighted by molar-refractivity contribution is 6.32. The third-order valence-corrected chi connectivity index (χ3v) is 6.16. The monoisotopic (exact) mass is 536 g/mol. The smallest absolute Gasteiger partial charge is 0.322 e. The first-order valence-electron chi connectivity index (χ1n) is 11.1. The van der Waals surface area contributed by atoms with Gasteiger partial charge in [0.1, 0.15) is 0 Å². The second kappa shape index (κ2) is 10.9. The van der Waals surface area contributed by atoms with Crippen LogP contribution in [-0.4, -0.2) is 51.9 Å². The minimum atomic E-state index is -4.70. The van der Waals surface area contributed by atoms with E-state index in [9.17, 15) is 18.0 Å². The molecule has 0 fully saturated rings. The van der Waals surface area contributed by atoms with E-state index < -0.39 is 22.7 Å². The third-order valence-electron chi connectivity index (χ3n) is 5.72. The summed E-state index contributed by atoms with van der Waals surface area (Å²) in [5, 5.41) is 15.9. The van der Waals surface area contributed by atoms with Crippen molar-refractivity contribution in [2.75, 3.05) is 31.0 Å². The van der Waals surface area contributed by atoms with Crippen molar-refractivity contribution in [3.63, 3.8) is 0 Å². The second-order valence-corrected chi connectivity index (χ2v) is 9.27. The lowest BCUT2D eigenvalue weighted by Crippen LogP contribution is -2.37. The van der Waals surface area contributed by atoms with Gasteiger partial charge in [0, 0.05) is 36.7 Å². The fourth-order valence-electron chi connectivity index (χ4n) is 3.69. The number of carbonyl (C=O) groups is 1. The molecule has 0 radical (unpaired) electrons. The quantitative estimate of drug-likeness (QED) is 0.226. The van der Waals surface area contributed by atoms with Crippen LogP contribution in [0.1, 0.15) is 38.4 Å². The molecule has 0 atom stereocenters. The van der Waals surface area contributed by atoms with Crippen LogP contribution in [0, 0.1) is 19.3 Å². The first-order chi connectivity index (χ1) is 17.2. The third kappa shape index (κ3) is 6.45. The summed E-state index contributed by atoms with van der Waals surface area (Å²) in [7, 11) is 5.16. The summed E-state index contributed by atoms with van der Waals surface area (Å²) in [6.07, 6.45) is -1.82. The van der Waals surface area contributed by atoms with E-state index >= 15 is 0 Å². The van der Waals surface area contributed by atoms with Gasteiger partial charge < -0.3 is 20.6 Å². The van der Waals surface area contributed by atoms with Crippen molar-refractivity contribution in [3.8, 4) is 0 Å². The summed E-state index contributed by atoms with van der Waals surface area (Å²) in [6, 6.07) is 3.68.